The van der Waals surface area contributed by atoms with Gasteiger partial charge in [0.05, 0.1) is 0 Å². The number of halogens is 3. The van der Waals surface area contributed by atoms with Crippen LogP contribution in [0.4, 0.5) is 0 Å². The molecule has 77 valence electrons. The molecule has 0 aromatic heterocycles. The molecule has 0 aliphatic carbocycles. The van der Waals surface area contributed by atoms with E-state index in [9.17, 15) is 0 Å². The molecule has 0 bridgehead atoms. The van der Waals surface area contributed by atoms with Crippen LogP contribution in [0.5, 0.6) is 0 Å². The van der Waals surface area contributed by atoms with Crippen LogP contribution in [0.2, 0.25) is 1.07 Å². The maximum absolute atomic E-state index is 2.43. The van der Waals surface area contributed by atoms with E-state index in [-0.39, 0.29) is 58.4 Å². The number of hydrogen-bond donors (Lipinski definition) is 0. The van der Waals surface area contributed by atoms with Gasteiger partial charge in [-0.15, -0.1) is 37.2 Å². The predicted octanol–water partition coefficient (Wildman–Crippen LogP) is 3.18. The summed E-state index contributed by atoms with van der Waals surface area (Å²) >= 11 is 1.71. The Bertz CT molecular complexity index is 234. The Morgan fingerprint density at radius 3 is 1.54 bits per heavy atom. The third kappa shape index (κ3) is 4.69. The maximum atomic E-state index is 2.43. The first-order valence-electron chi connectivity index (χ1n) is 3.45. The van der Waals surface area contributed by atoms with Crippen LogP contribution >= 0.6 is 37.2 Å². The molecule has 1 aliphatic rings. The van der Waals surface area contributed by atoms with E-state index in [1.807, 2.05) is 0 Å². The van der Waals surface area contributed by atoms with Crippen LogP contribution in [0.3, 0.4) is 0 Å². The van der Waals surface area contributed by atoms with Crippen molar-refractivity contribution in [2.75, 3.05) is 0 Å². The fraction of sp³-hybridized carbons (Fsp3) is 0.625. The Morgan fingerprint density at radius 1 is 1.08 bits per heavy atom. The van der Waals surface area contributed by atoms with Crippen molar-refractivity contribution in [3.05, 3.63) is 11.1 Å². The first-order chi connectivity index (χ1) is 4.45. The SMILES string of the molecule is C[C]1=[Sb][C](C)([Zr])C(C)=C1C.Cl.Cl.Cl. The topological polar surface area (TPSA) is 0 Å². The Hall–Kier alpha value is 2.18. The largest absolute Gasteiger partial charge is 0.147 e. The van der Waals surface area contributed by atoms with E-state index in [0.29, 0.717) is 1.07 Å². The summed E-state index contributed by atoms with van der Waals surface area (Å²) in [5.41, 5.74) is 3.30. The number of rotatable bonds is 0. The first-order valence-corrected chi connectivity index (χ1v) is 7.23. The minimum Gasteiger partial charge on any atom is -0.147 e. The van der Waals surface area contributed by atoms with Crippen molar-refractivity contribution in [3.63, 3.8) is 0 Å². The van der Waals surface area contributed by atoms with Gasteiger partial charge < -0.3 is 0 Å². The van der Waals surface area contributed by atoms with Gasteiger partial charge in [-0.3, -0.25) is 0 Å². The molecule has 0 saturated heterocycles. The molecule has 1 atom stereocenters. The summed E-state index contributed by atoms with van der Waals surface area (Å²) in [4.78, 5) is 0. The van der Waals surface area contributed by atoms with Crippen LogP contribution in [0.15, 0.2) is 11.1 Å². The second-order valence-corrected chi connectivity index (χ2v) is 13.7. The summed E-state index contributed by atoms with van der Waals surface area (Å²) in [7, 11) is 0. The average Bonchev–Trinajstić information content (AvgIpc) is 1.95. The van der Waals surface area contributed by atoms with Crippen molar-refractivity contribution in [1.29, 1.82) is 0 Å². The molecule has 0 saturated carbocycles. The monoisotopic (exact) mass is 427 g/mol. The molecule has 1 aliphatic heterocycles. The van der Waals surface area contributed by atoms with Crippen molar-refractivity contribution in [2.24, 2.45) is 0 Å². The predicted molar refractivity (Wildman–Crippen MR) is 64.9 cm³/mol. The molecule has 0 aromatic rings. The zero-order valence-electron chi connectivity index (χ0n) is 8.17. The molecule has 1 heterocycles. The molecular formula is C8H15Cl3SbZr. The van der Waals surface area contributed by atoms with Gasteiger partial charge >= 0.3 is 89.2 Å². The van der Waals surface area contributed by atoms with E-state index in [2.05, 4.69) is 27.7 Å². The molecule has 1 unspecified atom stereocenters. The van der Waals surface area contributed by atoms with Crippen LogP contribution in [0, 0.1) is 0 Å². The van der Waals surface area contributed by atoms with Crippen molar-refractivity contribution in [2.45, 2.75) is 28.8 Å². The zero-order valence-corrected chi connectivity index (χ0v) is 15.6. The standard InChI is InChI=1S/C8H12.3ClH.Sb.Zr/c1-5-7(3)8(4)6-2;;;;;/h1-4H3;3*1H;;. The van der Waals surface area contributed by atoms with Gasteiger partial charge in [-0.1, -0.05) is 0 Å². The van der Waals surface area contributed by atoms with Crippen LogP contribution in [-0.2, 0) is 24.7 Å². The summed E-state index contributed by atoms with van der Waals surface area (Å²) < 4.78 is 2.42. The molecule has 0 fully saturated rings. The van der Waals surface area contributed by atoms with E-state index in [1.54, 1.807) is 39.3 Å². The van der Waals surface area contributed by atoms with Gasteiger partial charge in [-0.2, -0.15) is 0 Å². The minimum atomic E-state index is -0.0137. The molecule has 13 heavy (non-hydrogen) atoms. The number of allylic oxidation sites excluding steroid dienone is 2. The van der Waals surface area contributed by atoms with Gasteiger partial charge in [0.15, 0.2) is 0 Å². The Balaban J connectivity index is -0.000000333. The van der Waals surface area contributed by atoms with Gasteiger partial charge in [-0.25, -0.2) is 0 Å². The van der Waals surface area contributed by atoms with E-state index >= 15 is 0 Å². The van der Waals surface area contributed by atoms with Crippen molar-refractivity contribution in [1.82, 2.24) is 0 Å². The molecular weight excluding hydrogens is 415 g/mol. The van der Waals surface area contributed by atoms with Crippen LogP contribution in [0.1, 0.15) is 27.7 Å². The van der Waals surface area contributed by atoms with Crippen molar-refractivity contribution < 1.29 is 24.7 Å². The summed E-state index contributed by atoms with van der Waals surface area (Å²) in [6.07, 6.45) is 0. The molecule has 1 rings (SSSR count). The third-order valence-electron chi connectivity index (χ3n) is 2.23. The molecule has 0 N–H and O–H groups in total. The minimum absolute atomic E-state index is 0. The second-order valence-electron chi connectivity index (χ2n) is 3.02. The third-order valence-corrected chi connectivity index (χ3v) is 9.14. The van der Waals surface area contributed by atoms with E-state index < -0.39 is 0 Å². The smallest absolute Gasteiger partial charge is 0.147 e. The van der Waals surface area contributed by atoms with Crippen molar-refractivity contribution in [3.8, 4) is 0 Å². The van der Waals surface area contributed by atoms with Gasteiger partial charge in [0.1, 0.15) is 0 Å². The van der Waals surface area contributed by atoms with Gasteiger partial charge in [0.25, 0.3) is 0 Å². The normalized spacial score (nSPS) is 25.3. The van der Waals surface area contributed by atoms with E-state index in [4.69, 9.17) is 0 Å². The molecule has 0 radical (unpaired) electrons. The van der Waals surface area contributed by atoms with Gasteiger partial charge in [0, 0.05) is 0 Å². The summed E-state index contributed by atoms with van der Waals surface area (Å²) in [6, 6.07) is 0. The molecule has 5 heteroatoms. The summed E-state index contributed by atoms with van der Waals surface area (Å²) in [5.74, 6) is 0. The molecule has 0 aromatic carbocycles. The number of hydrogen-bond acceptors (Lipinski definition) is 0. The van der Waals surface area contributed by atoms with Crippen LogP contribution in [0.25, 0.3) is 0 Å². The second kappa shape index (κ2) is 7.45. The Labute approximate surface area is 125 Å². The first kappa shape index (κ1) is 20.6. The Morgan fingerprint density at radius 2 is 1.46 bits per heavy atom. The average molecular weight is 431 g/mol. The molecule has 0 spiro atoms. The van der Waals surface area contributed by atoms with E-state index in [0.717, 1.165) is 0 Å². The quantitative estimate of drug-likeness (QED) is 0.518. The van der Waals surface area contributed by atoms with Crippen LogP contribution < -0.4 is 0 Å². The maximum Gasteiger partial charge on any atom is -0.147 e. The van der Waals surface area contributed by atoms with Crippen LogP contribution in [-0.4, -0.2) is 24.6 Å². The fourth-order valence-electron chi connectivity index (χ4n) is 1.14. The summed E-state index contributed by atoms with van der Waals surface area (Å²) in [6.45, 7) is 9.36. The van der Waals surface area contributed by atoms with E-state index in [1.165, 1.54) is 0 Å². The summed E-state index contributed by atoms with van der Waals surface area (Å²) in [5, 5.41) is 0. The van der Waals surface area contributed by atoms with Gasteiger partial charge in [-0.05, 0) is 0 Å². The zero-order chi connectivity index (χ0) is 7.94. The Kier molecular flexibility index (Phi) is 11.8. The molecule has 0 amide bonds. The molecule has 0 nitrogen and oxygen atoms in total. The van der Waals surface area contributed by atoms with Crippen molar-refractivity contribution >= 4 is 61.8 Å². The van der Waals surface area contributed by atoms with Gasteiger partial charge in [0.2, 0.25) is 0 Å². The fourth-order valence-corrected chi connectivity index (χ4v) is 8.19.